The summed E-state index contributed by atoms with van der Waals surface area (Å²) in [5.74, 6) is -1.65. The van der Waals surface area contributed by atoms with Gasteiger partial charge in [0.15, 0.2) is 17.2 Å². The quantitative estimate of drug-likeness (QED) is 0.599. The Morgan fingerprint density at radius 2 is 1.24 bits per heavy atom. The first-order valence-electron chi connectivity index (χ1n) is 8.37. The predicted octanol–water partition coefficient (Wildman–Crippen LogP) is 2.49. The van der Waals surface area contributed by atoms with Gasteiger partial charge in [-0.05, 0) is 32.3 Å². The molecule has 3 heteroatoms. The molecular weight excluding hydrogens is 262 g/mol. The van der Waals surface area contributed by atoms with E-state index in [1.54, 1.807) is 0 Å². The van der Waals surface area contributed by atoms with E-state index in [1.165, 1.54) is 29.4 Å². The summed E-state index contributed by atoms with van der Waals surface area (Å²) in [5, 5.41) is 19.8. The fraction of sp³-hybridized carbons (Fsp3) is 0.722. The van der Waals surface area contributed by atoms with Gasteiger partial charge in [0.05, 0.1) is 0 Å². The van der Waals surface area contributed by atoms with E-state index in [1.807, 2.05) is 0 Å². The van der Waals surface area contributed by atoms with Crippen LogP contribution in [0.1, 0.15) is 69.6 Å². The van der Waals surface area contributed by atoms with Gasteiger partial charge in [0.2, 0.25) is 0 Å². The molecule has 0 saturated heterocycles. The van der Waals surface area contributed by atoms with E-state index in [9.17, 15) is 10.2 Å². The van der Waals surface area contributed by atoms with Crippen LogP contribution >= 0.6 is 0 Å². The van der Waals surface area contributed by atoms with Crippen molar-refractivity contribution in [3.8, 4) is 0 Å². The number of aliphatic hydroxyl groups is 2. The lowest BCUT2D eigenvalue weighted by Gasteiger charge is -2.23. The second-order valence-electron chi connectivity index (χ2n) is 5.88. The highest BCUT2D eigenvalue weighted by molar-refractivity contribution is 5.38. The molecule has 0 bridgehead atoms. The number of nitrogens with zero attached hydrogens (tertiary/aromatic N) is 1. The van der Waals surface area contributed by atoms with E-state index in [2.05, 4.69) is 39.2 Å². The largest absolute Gasteiger partial charge is 0.366 e. The van der Waals surface area contributed by atoms with Crippen molar-refractivity contribution in [1.82, 2.24) is 0 Å². The molecule has 21 heavy (non-hydrogen) atoms. The minimum absolute atomic E-state index is 0.302. The highest BCUT2D eigenvalue weighted by Gasteiger charge is 2.29. The summed E-state index contributed by atoms with van der Waals surface area (Å²) in [7, 11) is 0. The van der Waals surface area contributed by atoms with Crippen molar-refractivity contribution in [1.29, 1.82) is 0 Å². The Hall–Kier alpha value is -0.930. The Labute approximate surface area is 129 Å². The molecular formula is C18H32NO2+. The van der Waals surface area contributed by atoms with E-state index in [-0.39, 0.29) is 0 Å². The molecule has 0 fully saturated rings. The third-order valence-corrected chi connectivity index (χ3v) is 4.28. The zero-order valence-electron chi connectivity index (χ0n) is 14.6. The van der Waals surface area contributed by atoms with Crippen molar-refractivity contribution >= 4 is 0 Å². The van der Waals surface area contributed by atoms with Gasteiger partial charge in [-0.1, -0.05) is 27.7 Å². The summed E-state index contributed by atoms with van der Waals surface area (Å²) >= 11 is 0. The van der Waals surface area contributed by atoms with E-state index in [4.69, 9.17) is 0 Å². The van der Waals surface area contributed by atoms with Gasteiger partial charge in [-0.2, -0.15) is 4.57 Å². The zero-order chi connectivity index (χ0) is 16.2. The van der Waals surface area contributed by atoms with Crippen LogP contribution in [0.5, 0.6) is 0 Å². The van der Waals surface area contributed by atoms with Gasteiger partial charge in [-0.15, -0.1) is 0 Å². The molecule has 1 heterocycles. The Morgan fingerprint density at radius 3 is 1.57 bits per heavy atom. The van der Waals surface area contributed by atoms with Gasteiger partial charge in [0.1, 0.15) is 6.54 Å². The Morgan fingerprint density at radius 1 is 0.762 bits per heavy atom. The molecule has 0 aliphatic rings. The Bertz CT molecular complexity index is 454. The highest BCUT2D eigenvalue weighted by atomic mass is 16.5. The molecule has 120 valence electrons. The molecule has 3 nitrogen and oxygen atoms in total. The lowest BCUT2D eigenvalue weighted by Crippen LogP contribution is -2.45. The first-order chi connectivity index (χ1) is 9.84. The number of hydrogen-bond donors (Lipinski definition) is 2. The van der Waals surface area contributed by atoms with Crippen LogP contribution in [0.2, 0.25) is 0 Å². The predicted molar refractivity (Wildman–Crippen MR) is 86.4 cm³/mol. The van der Waals surface area contributed by atoms with Crippen molar-refractivity contribution in [3.05, 3.63) is 28.1 Å². The second kappa shape index (κ2) is 7.37. The van der Waals surface area contributed by atoms with Gasteiger partial charge < -0.3 is 10.2 Å². The fourth-order valence-corrected chi connectivity index (χ4v) is 3.60. The lowest BCUT2D eigenvalue weighted by atomic mass is 9.89. The molecule has 0 saturated carbocycles. The summed E-state index contributed by atoms with van der Waals surface area (Å²) < 4.78 is 2.39. The SMILES string of the molecule is CCc1c(CC)c(CC)[n+](CC)c(CC)c1CC(C)(O)O. The minimum Gasteiger partial charge on any atom is -0.366 e. The van der Waals surface area contributed by atoms with E-state index in [0.29, 0.717) is 6.42 Å². The molecule has 1 aromatic rings. The fourth-order valence-electron chi connectivity index (χ4n) is 3.60. The number of aromatic nitrogens is 1. The molecule has 0 amide bonds. The smallest absolute Gasteiger partial charge is 0.184 e. The molecule has 0 radical (unpaired) electrons. The van der Waals surface area contributed by atoms with Gasteiger partial charge in [0, 0.05) is 30.4 Å². The van der Waals surface area contributed by atoms with Crippen LogP contribution < -0.4 is 4.57 Å². The van der Waals surface area contributed by atoms with Gasteiger partial charge in [-0.25, -0.2) is 0 Å². The van der Waals surface area contributed by atoms with E-state index < -0.39 is 5.79 Å². The summed E-state index contributed by atoms with van der Waals surface area (Å²) in [6.07, 6.45) is 4.18. The van der Waals surface area contributed by atoms with Crippen LogP contribution in [-0.4, -0.2) is 16.0 Å². The molecule has 2 N–H and O–H groups in total. The van der Waals surface area contributed by atoms with Crippen LogP contribution in [0.4, 0.5) is 0 Å². The normalized spacial score (nSPS) is 12.0. The number of pyridine rings is 1. The summed E-state index contributed by atoms with van der Waals surface area (Å²) in [6, 6.07) is 0. The minimum atomic E-state index is -1.65. The molecule has 0 spiro atoms. The average Bonchev–Trinajstić information content (AvgIpc) is 2.43. The maximum absolute atomic E-state index is 9.91. The van der Waals surface area contributed by atoms with Crippen molar-refractivity contribution in [2.24, 2.45) is 0 Å². The lowest BCUT2D eigenvalue weighted by molar-refractivity contribution is -0.708. The molecule has 0 aromatic carbocycles. The monoisotopic (exact) mass is 294 g/mol. The van der Waals surface area contributed by atoms with Crippen LogP contribution in [-0.2, 0) is 38.6 Å². The third kappa shape index (κ3) is 3.83. The first kappa shape index (κ1) is 18.1. The van der Waals surface area contributed by atoms with E-state index >= 15 is 0 Å². The number of rotatable bonds is 7. The highest BCUT2D eigenvalue weighted by Crippen LogP contribution is 2.25. The van der Waals surface area contributed by atoms with Crippen LogP contribution in [0, 0.1) is 0 Å². The molecule has 1 aromatic heterocycles. The third-order valence-electron chi connectivity index (χ3n) is 4.28. The van der Waals surface area contributed by atoms with Crippen molar-refractivity contribution in [3.63, 3.8) is 0 Å². The molecule has 0 aliphatic heterocycles. The van der Waals surface area contributed by atoms with Crippen molar-refractivity contribution in [2.75, 3.05) is 0 Å². The van der Waals surface area contributed by atoms with Gasteiger partial charge in [0.25, 0.3) is 0 Å². The maximum Gasteiger partial charge on any atom is 0.184 e. The average molecular weight is 294 g/mol. The summed E-state index contributed by atoms with van der Waals surface area (Å²) in [6.45, 7) is 13.3. The topological polar surface area (TPSA) is 44.3 Å². The Balaban J connectivity index is 3.73. The molecule has 0 aliphatic carbocycles. The number of hydrogen-bond acceptors (Lipinski definition) is 2. The second-order valence-corrected chi connectivity index (χ2v) is 5.88. The van der Waals surface area contributed by atoms with Gasteiger partial charge >= 0.3 is 0 Å². The van der Waals surface area contributed by atoms with Crippen LogP contribution in [0.15, 0.2) is 0 Å². The van der Waals surface area contributed by atoms with E-state index in [0.717, 1.165) is 37.8 Å². The molecule has 0 atom stereocenters. The maximum atomic E-state index is 9.91. The van der Waals surface area contributed by atoms with Crippen LogP contribution in [0.3, 0.4) is 0 Å². The van der Waals surface area contributed by atoms with Gasteiger partial charge in [-0.3, -0.25) is 0 Å². The van der Waals surface area contributed by atoms with Crippen molar-refractivity contribution < 1.29 is 14.8 Å². The Kier molecular flexibility index (Phi) is 6.36. The molecule has 0 unspecified atom stereocenters. The summed E-state index contributed by atoms with van der Waals surface area (Å²) in [4.78, 5) is 0. The summed E-state index contributed by atoms with van der Waals surface area (Å²) in [5.41, 5.74) is 6.54. The van der Waals surface area contributed by atoms with Crippen molar-refractivity contribution in [2.45, 2.75) is 86.0 Å². The first-order valence-corrected chi connectivity index (χ1v) is 8.37. The van der Waals surface area contributed by atoms with Crippen LogP contribution in [0.25, 0.3) is 0 Å². The zero-order valence-corrected chi connectivity index (χ0v) is 14.6. The molecule has 1 rings (SSSR count). The standard InChI is InChI=1S/C18H32NO2/c1-7-13-14(8-2)16(9-3)19(11-5)17(10-4)15(13)12-18(6,20)21/h20-21H,7-12H2,1-6H3/q+1.